The fourth-order valence-corrected chi connectivity index (χ4v) is 7.18. The van der Waals surface area contributed by atoms with Crippen molar-refractivity contribution in [2.24, 2.45) is 5.34 Å². The molecular weight excluding hydrogens is 704 g/mol. The summed E-state index contributed by atoms with van der Waals surface area (Å²) in [6.45, 7) is 0. The van der Waals surface area contributed by atoms with Gasteiger partial charge in [0.15, 0.2) is 0 Å². The maximum absolute atomic E-state index is 8.00. The molecule has 0 saturated carbocycles. The van der Waals surface area contributed by atoms with E-state index < -0.39 is 0 Å². The maximum Gasteiger partial charge on any atom is 1.00 e. The zero-order valence-electron chi connectivity index (χ0n) is 29.0. The third-order valence-electron chi connectivity index (χ3n) is 8.87. The fraction of sp³-hybridized carbons (Fsp3) is 0. The second-order valence-electron chi connectivity index (χ2n) is 11.9. The van der Waals surface area contributed by atoms with Gasteiger partial charge in [-0.15, -0.1) is 5.34 Å². The van der Waals surface area contributed by atoms with Crippen LogP contribution < -0.4 is 43.7 Å². The van der Waals surface area contributed by atoms with Crippen molar-refractivity contribution in [1.29, 1.82) is 0 Å². The number of fused-ring (bicyclic) bond motifs is 2. The Labute approximate surface area is 336 Å². The number of rotatable bonds is 8. The molecule has 2 aromatic heterocycles. The van der Waals surface area contributed by atoms with Gasteiger partial charge in [-0.05, 0) is 83.9 Å². The standard InChI is InChI=1S/C42H29N7S.HNO2.Na/c1-5-13-31(14-6-1)48(32-15-7-2-8-16-32)35-25-21-29(22-26-35)37-39-40(44-47-43-39)38(42-41(37)45-50-46-42)30-23-27-36(28-24-30)49(33-17-9-3-10-18-33)34-19-11-4-12-20-34;2-1-3;/h1-28H,(H,43,44,47);(H,2,3);/q;;+1/p-1. The summed E-state index contributed by atoms with van der Waals surface area (Å²) in [6.07, 6.45) is 0. The quantitative estimate of drug-likeness (QED) is 0.0715. The molecule has 2 heterocycles. The third kappa shape index (κ3) is 7.08. The van der Waals surface area contributed by atoms with Crippen molar-refractivity contribution in [3.05, 3.63) is 180 Å². The van der Waals surface area contributed by atoms with E-state index in [0.29, 0.717) is 0 Å². The van der Waals surface area contributed by atoms with Gasteiger partial charge in [0.1, 0.15) is 11.0 Å². The van der Waals surface area contributed by atoms with Crippen molar-refractivity contribution in [2.75, 3.05) is 9.80 Å². The van der Waals surface area contributed by atoms with E-state index in [0.717, 1.165) is 83.8 Å². The van der Waals surface area contributed by atoms with Crippen molar-refractivity contribution in [3.8, 4) is 22.3 Å². The summed E-state index contributed by atoms with van der Waals surface area (Å²) < 4.78 is 9.64. The van der Waals surface area contributed by atoms with Gasteiger partial charge in [0, 0.05) is 56.3 Å². The van der Waals surface area contributed by atoms with Crippen LogP contribution in [-0.4, -0.2) is 19.8 Å². The van der Waals surface area contributed by atoms with Gasteiger partial charge in [-0.25, -0.2) is 0 Å². The zero-order valence-corrected chi connectivity index (χ0v) is 31.8. The van der Waals surface area contributed by atoms with Crippen LogP contribution in [0.2, 0.25) is 0 Å². The van der Waals surface area contributed by atoms with Crippen LogP contribution in [0.5, 0.6) is 0 Å². The number of anilines is 6. The topological polar surface area (TPSA) is 128 Å². The number of aromatic amines is 1. The Hall–Kier alpha value is -6.24. The van der Waals surface area contributed by atoms with E-state index in [1.165, 1.54) is 11.7 Å². The van der Waals surface area contributed by atoms with E-state index in [9.17, 15) is 0 Å². The van der Waals surface area contributed by atoms with Gasteiger partial charge in [0.05, 0.1) is 0 Å². The zero-order chi connectivity index (χ0) is 36.0. The molecule has 9 aromatic rings. The van der Waals surface area contributed by atoms with E-state index in [-0.39, 0.29) is 29.6 Å². The smallest absolute Gasteiger partial charge is 0.444 e. The number of nitrogens with one attached hydrogen (secondary N) is 1. The molecule has 7 aromatic carbocycles. The minimum absolute atomic E-state index is 0. The second-order valence-corrected chi connectivity index (χ2v) is 12.4. The van der Waals surface area contributed by atoms with Crippen molar-refractivity contribution in [2.45, 2.75) is 0 Å². The first-order valence-corrected chi connectivity index (χ1v) is 17.4. The van der Waals surface area contributed by atoms with E-state index >= 15 is 0 Å². The molecule has 0 fully saturated rings. The number of aromatic nitrogens is 5. The molecular formula is C42H29N8NaO2S. The average Bonchev–Trinajstić information content (AvgIpc) is 3.91. The van der Waals surface area contributed by atoms with Gasteiger partial charge in [0.2, 0.25) is 0 Å². The number of benzene rings is 7. The number of nitrogens with zero attached hydrogens (tertiary/aromatic N) is 7. The largest absolute Gasteiger partial charge is 1.00 e. The molecule has 54 heavy (non-hydrogen) atoms. The van der Waals surface area contributed by atoms with Crippen LogP contribution >= 0.6 is 11.7 Å². The summed E-state index contributed by atoms with van der Waals surface area (Å²) in [7, 11) is 0. The van der Waals surface area contributed by atoms with Crippen molar-refractivity contribution < 1.29 is 29.6 Å². The number of para-hydroxylation sites is 4. The maximum atomic E-state index is 8.00. The first kappa shape index (κ1) is 36.1. The van der Waals surface area contributed by atoms with Crippen molar-refractivity contribution in [3.63, 3.8) is 0 Å². The Kier molecular flexibility index (Phi) is 11.1. The summed E-state index contributed by atoms with van der Waals surface area (Å²) in [5, 5.41) is 21.2. The second kappa shape index (κ2) is 16.6. The monoisotopic (exact) mass is 732 g/mol. The number of H-pyrrole nitrogens is 1. The molecule has 0 bridgehead atoms. The van der Waals surface area contributed by atoms with E-state index in [1.807, 2.05) is 24.3 Å². The predicted molar refractivity (Wildman–Crippen MR) is 214 cm³/mol. The van der Waals surface area contributed by atoms with Crippen LogP contribution in [0.3, 0.4) is 0 Å². The van der Waals surface area contributed by atoms with Gasteiger partial charge >= 0.3 is 29.6 Å². The van der Waals surface area contributed by atoms with E-state index in [2.05, 4.69) is 171 Å². The molecule has 0 atom stereocenters. The SMILES string of the molecule is O=N[O-].[Na+].c1ccc(N(c2ccccc2)c2ccc(-c3c4n[nH]nc4c(-c4ccc(N(c5ccccc5)c5ccccc5)cc4)c4[n-][s+]nc34)cc2)cc1. The third-order valence-corrected chi connectivity index (χ3v) is 9.40. The van der Waals surface area contributed by atoms with Gasteiger partial charge in [-0.2, -0.15) is 24.2 Å². The molecule has 0 aliphatic carbocycles. The Morgan fingerprint density at radius 1 is 0.500 bits per heavy atom. The summed E-state index contributed by atoms with van der Waals surface area (Å²) in [5.74, 6) is 0. The number of hydrogen-bond donors (Lipinski definition) is 1. The van der Waals surface area contributed by atoms with Crippen molar-refractivity contribution in [1.82, 2.24) is 24.2 Å². The molecule has 0 saturated heterocycles. The molecule has 12 heteroatoms. The van der Waals surface area contributed by atoms with Gasteiger partial charge in [-0.3, -0.25) is 0 Å². The van der Waals surface area contributed by atoms with Crippen LogP contribution in [0.15, 0.2) is 175 Å². The molecule has 0 amide bonds. The molecule has 0 radical (unpaired) electrons. The molecule has 0 aliphatic rings. The van der Waals surface area contributed by atoms with Gasteiger partial charge in [0.25, 0.3) is 11.7 Å². The van der Waals surface area contributed by atoms with Crippen LogP contribution in [0, 0.1) is 10.1 Å². The number of hydrogen-bond acceptors (Lipinski definition) is 8. The van der Waals surface area contributed by atoms with Crippen LogP contribution in [0.25, 0.3) is 44.3 Å². The molecule has 9 rings (SSSR count). The Morgan fingerprint density at radius 3 is 1.22 bits per heavy atom. The van der Waals surface area contributed by atoms with E-state index in [4.69, 9.17) is 18.9 Å². The summed E-state index contributed by atoms with van der Waals surface area (Å²) >= 11 is 1.21. The summed E-state index contributed by atoms with van der Waals surface area (Å²) in [4.78, 5) is 12.5. The first-order chi connectivity index (χ1) is 26.2. The fourth-order valence-electron chi connectivity index (χ4n) is 6.62. The molecule has 0 unspecified atom stereocenters. The first-order valence-electron chi connectivity index (χ1n) is 16.7. The molecule has 0 aliphatic heterocycles. The van der Waals surface area contributed by atoms with Crippen LogP contribution in [0.4, 0.5) is 34.1 Å². The molecule has 1 N–H and O–H groups in total. The Morgan fingerprint density at radius 2 is 0.833 bits per heavy atom. The molecule has 0 spiro atoms. The summed E-state index contributed by atoms with van der Waals surface area (Å²) in [6, 6.07) is 58.7. The average molecular weight is 733 g/mol. The minimum Gasteiger partial charge on any atom is -0.444 e. The summed E-state index contributed by atoms with van der Waals surface area (Å²) in [5.41, 5.74) is 13.4. The predicted octanol–water partition coefficient (Wildman–Crippen LogP) is 8.33. The van der Waals surface area contributed by atoms with Crippen LogP contribution in [-0.2, 0) is 0 Å². The van der Waals surface area contributed by atoms with Crippen molar-refractivity contribution >= 4 is 67.9 Å². The van der Waals surface area contributed by atoms with E-state index in [1.54, 1.807) is 0 Å². The normalized spacial score (nSPS) is 10.6. The molecule has 256 valence electrons. The van der Waals surface area contributed by atoms with Gasteiger partial charge in [-0.1, -0.05) is 97.1 Å². The Balaban J connectivity index is 0.00000109. The minimum atomic E-state index is 0. The van der Waals surface area contributed by atoms with Gasteiger partial charge < -0.3 is 19.9 Å². The molecule has 10 nitrogen and oxygen atoms in total. The van der Waals surface area contributed by atoms with Crippen LogP contribution in [0.1, 0.15) is 0 Å². The Bertz CT molecular complexity index is 2280.